The third kappa shape index (κ3) is 5.39. The number of rotatable bonds is 5. The summed E-state index contributed by atoms with van der Waals surface area (Å²) in [7, 11) is 0. The van der Waals surface area contributed by atoms with E-state index in [1.54, 1.807) is 23.1 Å². The first-order valence-electron chi connectivity index (χ1n) is 10.3. The van der Waals surface area contributed by atoms with Crippen molar-refractivity contribution in [3.8, 4) is 0 Å². The number of nitrogens with zero attached hydrogens (tertiary/aromatic N) is 5. The van der Waals surface area contributed by atoms with Gasteiger partial charge in [0.1, 0.15) is 5.82 Å². The van der Waals surface area contributed by atoms with Gasteiger partial charge in [0, 0.05) is 23.8 Å². The summed E-state index contributed by atoms with van der Waals surface area (Å²) in [5, 5.41) is 12.5. The lowest BCUT2D eigenvalue weighted by molar-refractivity contribution is 0.0945. The molecule has 0 atom stereocenters. The summed E-state index contributed by atoms with van der Waals surface area (Å²) in [4.78, 5) is 21.0. The van der Waals surface area contributed by atoms with Crippen LogP contribution in [0.2, 0.25) is 5.02 Å². The minimum absolute atomic E-state index is 0.249. The number of benzene rings is 1. The lowest BCUT2D eigenvalue weighted by Gasteiger charge is -2.10. The third-order valence-corrected chi connectivity index (χ3v) is 5.03. The monoisotopic (exact) mass is 451 g/mol. The van der Waals surface area contributed by atoms with E-state index in [9.17, 15) is 4.79 Å². The molecule has 0 saturated heterocycles. The molecule has 166 valence electrons. The Kier molecular flexibility index (Phi) is 7.37. The topological polar surface area (TPSA) is 112 Å². The lowest BCUT2D eigenvalue weighted by Crippen LogP contribution is -2.24. The van der Waals surface area contributed by atoms with Crippen LogP contribution in [0.5, 0.6) is 0 Å². The van der Waals surface area contributed by atoms with E-state index >= 15 is 0 Å². The van der Waals surface area contributed by atoms with E-state index in [1.807, 2.05) is 52.0 Å². The molecular weight excluding hydrogens is 426 g/mol. The second-order valence-corrected chi connectivity index (χ2v) is 7.53. The molecule has 4 rings (SSSR count). The van der Waals surface area contributed by atoms with Crippen molar-refractivity contribution < 1.29 is 4.79 Å². The van der Waals surface area contributed by atoms with E-state index < -0.39 is 0 Å². The molecule has 1 amide bonds. The van der Waals surface area contributed by atoms with Crippen molar-refractivity contribution >= 4 is 34.2 Å². The van der Waals surface area contributed by atoms with Crippen LogP contribution in [0.4, 0.5) is 5.82 Å². The van der Waals surface area contributed by atoms with Crippen LogP contribution in [0, 0.1) is 13.8 Å². The van der Waals surface area contributed by atoms with Gasteiger partial charge in [-0.3, -0.25) is 9.78 Å². The Morgan fingerprint density at radius 1 is 1.19 bits per heavy atom. The van der Waals surface area contributed by atoms with Crippen LogP contribution in [-0.4, -0.2) is 30.9 Å². The summed E-state index contributed by atoms with van der Waals surface area (Å²) in [6.07, 6.45) is 3.24. The number of fused-ring (bicyclic) bond motifs is 1. The molecule has 0 aliphatic heterocycles. The molecule has 1 aromatic carbocycles. The Bertz CT molecular complexity index is 1230. The molecule has 0 radical (unpaired) electrons. The van der Waals surface area contributed by atoms with Gasteiger partial charge in [-0.2, -0.15) is 0 Å². The molecule has 8 nitrogen and oxygen atoms in total. The van der Waals surface area contributed by atoms with Crippen LogP contribution in [0.25, 0.3) is 10.9 Å². The van der Waals surface area contributed by atoms with Gasteiger partial charge < -0.3 is 11.1 Å². The van der Waals surface area contributed by atoms with Gasteiger partial charge in [0.2, 0.25) is 0 Å². The standard InChI is InChI=1S/C21H20ClN7O.C2H6/c1-12-5-20(23)26-13(2)17(12)9-25-21(30)19-11-29(28-27-19)10-14-3-4-18-15(6-14)7-16(22)8-24-18;1-2/h3-8,11H,9-10H2,1-2H3,(H2,23,26)(H,25,30);1-2H3. The normalized spacial score (nSPS) is 10.5. The molecule has 0 saturated carbocycles. The van der Waals surface area contributed by atoms with Gasteiger partial charge in [-0.15, -0.1) is 5.10 Å². The molecule has 32 heavy (non-hydrogen) atoms. The molecule has 3 heterocycles. The number of aryl methyl sites for hydroxylation is 2. The summed E-state index contributed by atoms with van der Waals surface area (Å²) in [6, 6.07) is 9.54. The van der Waals surface area contributed by atoms with Crippen molar-refractivity contribution in [3.05, 3.63) is 75.8 Å². The van der Waals surface area contributed by atoms with Gasteiger partial charge in [0.05, 0.1) is 23.3 Å². The van der Waals surface area contributed by atoms with Gasteiger partial charge in [-0.25, -0.2) is 9.67 Å². The number of aromatic nitrogens is 5. The summed E-state index contributed by atoms with van der Waals surface area (Å²) in [6.45, 7) is 8.63. The Morgan fingerprint density at radius 3 is 2.72 bits per heavy atom. The first-order chi connectivity index (χ1) is 15.4. The summed E-state index contributed by atoms with van der Waals surface area (Å²) >= 11 is 6.03. The Morgan fingerprint density at radius 2 is 1.97 bits per heavy atom. The highest BCUT2D eigenvalue weighted by Crippen LogP contribution is 2.19. The van der Waals surface area contributed by atoms with Crippen LogP contribution < -0.4 is 11.1 Å². The van der Waals surface area contributed by atoms with Crippen molar-refractivity contribution in [2.24, 2.45) is 0 Å². The highest BCUT2D eigenvalue weighted by Gasteiger charge is 2.13. The van der Waals surface area contributed by atoms with Crippen molar-refractivity contribution in [1.82, 2.24) is 30.3 Å². The maximum absolute atomic E-state index is 12.5. The number of hydrogen-bond acceptors (Lipinski definition) is 6. The molecule has 3 aromatic heterocycles. The lowest BCUT2D eigenvalue weighted by atomic mass is 10.1. The van der Waals surface area contributed by atoms with E-state index in [-0.39, 0.29) is 11.6 Å². The number of carbonyl (C=O) groups excluding carboxylic acids is 1. The molecule has 0 aliphatic rings. The maximum atomic E-state index is 12.5. The first-order valence-corrected chi connectivity index (χ1v) is 10.7. The molecule has 0 fully saturated rings. The fourth-order valence-corrected chi connectivity index (χ4v) is 3.50. The fraction of sp³-hybridized carbons (Fsp3) is 0.261. The number of hydrogen-bond donors (Lipinski definition) is 2. The zero-order chi connectivity index (χ0) is 23.3. The predicted molar refractivity (Wildman–Crippen MR) is 127 cm³/mol. The highest BCUT2D eigenvalue weighted by molar-refractivity contribution is 6.31. The number of nitrogen functional groups attached to an aromatic ring is 1. The Balaban J connectivity index is 0.00000141. The van der Waals surface area contributed by atoms with Crippen molar-refractivity contribution in [2.45, 2.75) is 40.8 Å². The number of anilines is 1. The third-order valence-electron chi connectivity index (χ3n) is 4.83. The van der Waals surface area contributed by atoms with E-state index in [4.69, 9.17) is 17.3 Å². The minimum Gasteiger partial charge on any atom is -0.384 e. The first kappa shape index (κ1) is 23.1. The summed E-state index contributed by atoms with van der Waals surface area (Å²) in [5.41, 5.74) is 10.6. The van der Waals surface area contributed by atoms with Gasteiger partial charge in [-0.1, -0.05) is 36.7 Å². The number of nitrogens with two attached hydrogens (primary N) is 1. The van der Waals surface area contributed by atoms with Crippen molar-refractivity contribution in [2.75, 3.05) is 5.73 Å². The predicted octanol–water partition coefficient (Wildman–Crippen LogP) is 4.08. The van der Waals surface area contributed by atoms with Gasteiger partial charge in [0.15, 0.2) is 5.69 Å². The van der Waals surface area contributed by atoms with E-state index in [2.05, 4.69) is 25.6 Å². The minimum atomic E-state index is -0.300. The van der Waals surface area contributed by atoms with Crippen molar-refractivity contribution in [3.63, 3.8) is 0 Å². The Hall–Kier alpha value is -3.52. The summed E-state index contributed by atoms with van der Waals surface area (Å²) < 4.78 is 1.62. The van der Waals surface area contributed by atoms with Crippen LogP contribution >= 0.6 is 11.6 Å². The molecule has 0 aliphatic carbocycles. The average molecular weight is 452 g/mol. The van der Waals surface area contributed by atoms with Crippen LogP contribution in [0.15, 0.2) is 42.7 Å². The SMILES string of the molecule is CC.Cc1cc(N)nc(C)c1CNC(=O)c1cn(Cc2ccc3ncc(Cl)cc3c2)nn1. The molecule has 3 N–H and O–H groups in total. The number of pyridine rings is 2. The van der Waals surface area contributed by atoms with E-state index in [1.165, 1.54) is 0 Å². The molecule has 0 unspecified atom stereocenters. The smallest absolute Gasteiger partial charge is 0.273 e. The molecular formula is C23H26ClN7O. The molecule has 0 bridgehead atoms. The fourth-order valence-electron chi connectivity index (χ4n) is 3.33. The molecule has 0 spiro atoms. The average Bonchev–Trinajstić information content (AvgIpc) is 3.22. The van der Waals surface area contributed by atoms with Crippen LogP contribution in [0.1, 0.15) is 46.7 Å². The maximum Gasteiger partial charge on any atom is 0.273 e. The number of halogens is 1. The number of nitrogens with one attached hydrogen (secondary N) is 1. The second kappa shape index (κ2) is 10.2. The van der Waals surface area contributed by atoms with E-state index in [0.717, 1.165) is 33.3 Å². The van der Waals surface area contributed by atoms with Crippen molar-refractivity contribution in [1.29, 1.82) is 0 Å². The van der Waals surface area contributed by atoms with Gasteiger partial charge in [0.25, 0.3) is 5.91 Å². The zero-order valence-corrected chi connectivity index (χ0v) is 19.3. The molecule has 9 heteroatoms. The highest BCUT2D eigenvalue weighted by atomic mass is 35.5. The number of carbonyl (C=O) groups is 1. The Labute approximate surface area is 191 Å². The second-order valence-electron chi connectivity index (χ2n) is 7.09. The largest absolute Gasteiger partial charge is 0.384 e. The number of amides is 1. The quantitative estimate of drug-likeness (QED) is 0.473. The van der Waals surface area contributed by atoms with Gasteiger partial charge in [-0.05, 0) is 54.8 Å². The van der Waals surface area contributed by atoms with Crippen LogP contribution in [-0.2, 0) is 13.1 Å². The molecule has 4 aromatic rings. The zero-order valence-electron chi connectivity index (χ0n) is 18.6. The van der Waals surface area contributed by atoms with Crippen LogP contribution in [0.3, 0.4) is 0 Å². The van der Waals surface area contributed by atoms with E-state index in [0.29, 0.717) is 23.9 Å². The van der Waals surface area contributed by atoms with Gasteiger partial charge >= 0.3 is 0 Å². The summed E-state index contributed by atoms with van der Waals surface area (Å²) in [5.74, 6) is 0.168.